The lowest BCUT2D eigenvalue weighted by molar-refractivity contribution is -0.150. The minimum atomic E-state index is -0.935. The molecule has 1 aromatic carbocycles. The van der Waals surface area contributed by atoms with Crippen molar-refractivity contribution < 1.29 is 14.7 Å². The third-order valence-electron chi connectivity index (χ3n) is 3.40. The quantitative estimate of drug-likeness (QED) is 0.649. The van der Waals surface area contributed by atoms with Gasteiger partial charge in [0.15, 0.2) is 0 Å². The molecule has 1 aliphatic heterocycles. The number of carboxylic acid groups (broad SMARTS) is 1. The van der Waals surface area contributed by atoms with Crippen LogP contribution in [0.5, 0.6) is 0 Å². The smallest absolute Gasteiger partial charge is 0.326 e. The van der Waals surface area contributed by atoms with Crippen LogP contribution in [0, 0.1) is 0 Å². The van der Waals surface area contributed by atoms with Gasteiger partial charge in [-0.15, -0.1) is 0 Å². The van der Waals surface area contributed by atoms with Crippen molar-refractivity contribution in [3.05, 3.63) is 35.9 Å². The number of nitrogens with two attached hydrogens (primary N) is 1. The fourth-order valence-electron chi connectivity index (χ4n) is 2.38. The van der Waals surface area contributed by atoms with Gasteiger partial charge in [0, 0.05) is 18.3 Å². The lowest BCUT2D eigenvalue weighted by Crippen LogP contribution is -2.47. The number of hydrogen-bond donors (Lipinski definition) is 2. The monoisotopic (exact) mass is 274 g/mol. The maximum Gasteiger partial charge on any atom is 0.326 e. The van der Waals surface area contributed by atoms with Gasteiger partial charge in [-0.1, -0.05) is 12.1 Å². The van der Waals surface area contributed by atoms with Crippen molar-refractivity contribution >= 4 is 23.6 Å². The number of likely N-dealkylation sites (tertiary alicyclic amines) is 1. The summed E-state index contributed by atoms with van der Waals surface area (Å²) in [6.07, 6.45) is 5.29. The summed E-state index contributed by atoms with van der Waals surface area (Å²) in [4.78, 5) is 24.7. The number of rotatable bonds is 3. The molecule has 1 amide bonds. The molecule has 5 nitrogen and oxygen atoms in total. The topological polar surface area (TPSA) is 83.6 Å². The van der Waals surface area contributed by atoms with Crippen LogP contribution in [0.3, 0.4) is 0 Å². The van der Waals surface area contributed by atoms with E-state index in [9.17, 15) is 9.59 Å². The van der Waals surface area contributed by atoms with Crippen molar-refractivity contribution in [2.45, 2.75) is 25.3 Å². The second kappa shape index (κ2) is 6.23. The fraction of sp³-hybridized carbons (Fsp3) is 0.333. The average molecular weight is 274 g/mol. The zero-order chi connectivity index (χ0) is 14.5. The van der Waals surface area contributed by atoms with E-state index in [1.165, 1.54) is 11.0 Å². The third kappa shape index (κ3) is 3.38. The molecule has 1 atom stereocenters. The molecule has 0 spiro atoms. The molecule has 1 fully saturated rings. The van der Waals surface area contributed by atoms with Gasteiger partial charge in [0.05, 0.1) is 0 Å². The van der Waals surface area contributed by atoms with Crippen molar-refractivity contribution in [2.24, 2.45) is 0 Å². The van der Waals surface area contributed by atoms with Crippen LogP contribution in [0.25, 0.3) is 6.08 Å². The van der Waals surface area contributed by atoms with Crippen LogP contribution in [0.2, 0.25) is 0 Å². The summed E-state index contributed by atoms with van der Waals surface area (Å²) >= 11 is 0. The Morgan fingerprint density at radius 2 is 2.15 bits per heavy atom. The van der Waals surface area contributed by atoms with Crippen molar-refractivity contribution in [2.75, 3.05) is 12.3 Å². The van der Waals surface area contributed by atoms with Gasteiger partial charge in [0.25, 0.3) is 0 Å². The molecule has 1 saturated heterocycles. The van der Waals surface area contributed by atoms with E-state index in [1.54, 1.807) is 24.3 Å². The number of aliphatic carboxylic acids is 1. The van der Waals surface area contributed by atoms with Crippen LogP contribution in [-0.2, 0) is 9.59 Å². The number of hydrogen-bond acceptors (Lipinski definition) is 3. The van der Waals surface area contributed by atoms with E-state index in [2.05, 4.69) is 0 Å². The van der Waals surface area contributed by atoms with Crippen molar-refractivity contribution in [1.82, 2.24) is 4.90 Å². The SMILES string of the molecule is Nc1cccc(/C=C/C(=O)N2CCCCC2C(=O)O)c1. The maximum absolute atomic E-state index is 12.1. The van der Waals surface area contributed by atoms with Gasteiger partial charge in [-0.3, -0.25) is 4.79 Å². The second-order valence-corrected chi connectivity index (χ2v) is 4.88. The Labute approximate surface area is 117 Å². The van der Waals surface area contributed by atoms with E-state index in [0.717, 1.165) is 18.4 Å². The molecule has 2 rings (SSSR count). The average Bonchev–Trinajstić information content (AvgIpc) is 2.45. The fourth-order valence-corrected chi connectivity index (χ4v) is 2.38. The number of benzene rings is 1. The Hall–Kier alpha value is -2.30. The van der Waals surface area contributed by atoms with Gasteiger partial charge in [0.2, 0.25) is 5.91 Å². The molecule has 106 valence electrons. The van der Waals surface area contributed by atoms with Gasteiger partial charge >= 0.3 is 5.97 Å². The van der Waals surface area contributed by atoms with Crippen LogP contribution in [0.15, 0.2) is 30.3 Å². The molecule has 0 aliphatic carbocycles. The minimum Gasteiger partial charge on any atom is -0.480 e. The number of nitrogens with zero attached hydrogens (tertiary/aromatic N) is 1. The number of carbonyl (C=O) groups excluding carboxylic acids is 1. The number of amides is 1. The Morgan fingerprint density at radius 3 is 2.85 bits per heavy atom. The summed E-state index contributed by atoms with van der Waals surface area (Å²) in [7, 11) is 0. The maximum atomic E-state index is 12.1. The van der Waals surface area contributed by atoms with Crippen LogP contribution in [0.1, 0.15) is 24.8 Å². The zero-order valence-corrected chi connectivity index (χ0v) is 11.2. The Morgan fingerprint density at radius 1 is 1.35 bits per heavy atom. The molecule has 1 aliphatic rings. The minimum absolute atomic E-state index is 0.264. The number of carboxylic acids is 1. The van der Waals surface area contributed by atoms with Crippen LogP contribution in [-0.4, -0.2) is 34.5 Å². The molecule has 0 aromatic heterocycles. The Kier molecular flexibility index (Phi) is 4.40. The predicted molar refractivity (Wildman–Crippen MR) is 76.9 cm³/mol. The molecular formula is C15H18N2O3. The van der Waals surface area contributed by atoms with Gasteiger partial charge < -0.3 is 15.7 Å². The van der Waals surface area contributed by atoms with Crippen LogP contribution >= 0.6 is 0 Å². The van der Waals surface area contributed by atoms with E-state index in [-0.39, 0.29) is 5.91 Å². The van der Waals surface area contributed by atoms with Crippen molar-refractivity contribution in [1.29, 1.82) is 0 Å². The van der Waals surface area contributed by atoms with E-state index in [0.29, 0.717) is 18.7 Å². The van der Waals surface area contributed by atoms with E-state index in [4.69, 9.17) is 10.8 Å². The zero-order valence-electron chi connectivity index (χ0n) is 11.2. The Balaban J connectivity index is 2.08. The second-order valence-electron chi connectivity index (χ2n) is 4.88. The Bertz CT molecular complexity index is 540. The summed E-state index contributed by atoms with van der Waals surface area (Å²) in [6, 6.07) is 6.46. The van der Waals surface area contributed by atoms with E-state index >= 15 is 0 Å². The van der Waals surface area contributed by atoms with Crippen LogP contribution < -0.4 is 5.73 Å². The molecule has 0 saturated carbocycles. The molecule has 1 unspecified atom stereocenters. The first-order chi connectivity index (χ1) is 9.58. The third-order valence-corrected chi connectivity index (χ3v) is 3.40. The molecule has 3 N–H and O–H groups in total. The summed E-state index contributed by atoms with van der Waals surface area (Å²) in [5, 5.41) is 9.14. The summed E-state index contributed by atoms with van der Waals surface area (Å²) in [5.41, 5.74) is 7.11. The van der Waals surface area contributed by atoms with Crippen LogP contribution in [0.4, 0.5) is 5.69 Å². The largest absolute Gasteiger partial charge is 0.480 e. The lowest BCUT2D eigenvalue weighted by Gasteiger charge is -2.32. The normalized spacial score (nSPS) is 19.2. The molecule has 20 heavy (non-hydrogen) atoms. The molecule has 0 bridgehead atoms. The predicted octanol–water partition coefficient (Wildman–Crippen LogP) is 1.75. The highest BCUT2D eigenvalue weighted by Crippen LogP contribution is 2.18. The molecule has 0 radical (unpaired) electrons. The first-order valence-electron chi connectivity index (χ1n) is 6.65. The molecule has 1 aromatic rings. The molecule has 5 heteroatoms. The van der Waals surface area contributed by atoms with Gasteiger partial charge in [-0.05, 0) is 43.0 Å². The molecular weight excluding hydrogens is 256 g/mol. The first kappa shape index (κ1) is 14.1. The first-order valence-corrected chi connectivity index (χ1v) is 6.65. The number of nitrogen functional groups attached to an aromatic ring is 1. The highest BCUT2D eigenvalue weighted by atomic mass is 16.4. The molecule has 1 heterocycles. The number of anilines is 1. The summed E-state index contributed by atoms with van der Waals surface area (Å²) < 4.78 is 0. The van der Waals surface area contributed by atoms with E-state index in [1.807, 2.05) is 6.07 Å². The van der Waals surface area contributed by atoms with Gasteiger partial charge in [0.1, 0.15) is 6.04 Å². The highest BCUT2D eigenvalue weighted by molar-refractivity contribution is 5.94. The van der Waals surface area contributed by atoms with Gasteiger partial charge in [-0.25, -0.2) is 4.79 Å². The lowest BCUT2D eigenvalue weighted by atomic mass is 10.0. The highest BCUT2D eigenvalue weighted by Gasteiger charge is 2.30. The summed E-state index contributed by atoms with van der Waals surface area (Å²) in [5.74, 6) is -1.20. The van der Waals surface area contributed by atoms with Crippen molar-refractivity contribution in [3.63, 3.8) is 0 Å². The summed E-state index contributed by atoms with van der Waals surface area (Å²) in [6.45, 7) is 0.497. The van der Waals surface area contributed by atoms with E-state index < -0.39 is 12.0 Å². The standard InChI is InChI=1S/C15H18N2O3/c16-12-5-3-4-11(10-12)7-8-14(18)17-9-2-1-6-13(17)15(19)20/h3-5,7-8,10,13H,1-2,6,9,16H2,(H,19,20)/b8-7+. The number of piperidine rings is 1. The van der Waals surface area contributed by atoms with Gasteiger partial charge in [-0.2, -0.15) is 0 Å². The van der Waals surface area contributed by atoms with Crippen molar-refractivity contribution in [3.8, 4) is 0 Å². The number of carbonyl (C=O) groups is 2.